The number of nitrogens with one attached hydrogen (secondary N) is 2. The van der Waals surface area contributed by atoms with Crippen LogP contribution in [0.4, 0.5) is 4.79 Å². The van der Waals surface area contributed by atoms with Gasteiger partial charge in [0.15, 0.2) is 0 Å². The zero-order chi connectivity index (χ0) is 29.4. The molecule has 0 aliphatic heterocycles. The molecule has 0 fully saturated rings. The molecule has 212 valence electrons. The lowest BCUT2D eigenvalue weighted by atomic mass is 9.86. The number of halogens is 1. The number of benzene rings is 1. The summed E-state index contributed by atoms with van der Waals surface area (Å²) in [7, 11) is 0. The molecule has 3 atom stereocenters. The zero-order valence-corrected chi connectivity index (χ0v) is 24.5. The summed E-state index contributed by atoms with van der Waals surface area (Å²) in [5.41, 5.74) is 6.90. The lowest BCUT2D eigenvalue weighted by molar-refractivity contribution is -0.129. The molecule has 1 rings (SSSR count). The molecule has 0 aliphatic carbocycles. The van der Waals surface area contributed by atoms with E-state index in [1.165, 1.54) is 17.8 Å². The highest BCUT2D eigenvalue weighted by atomic mass is 35.5. The van der Waals surface area contributed by atoms with E-state index in [1.807, 2.05) is 52.0 Å². The molecular formula is C31H42ClN3O4. The van der Waals surface area contributed by atoms with Crippen LogP contribution in [0.5, 0.6) is 0 Å². The largest absolute Gasteiger partial charge is 0.446 e. The summed E-state index contributed by atoms with van der Waals surface area (Å²) in [5.74, 6) is -0.471. The van der Waals surface area contributed by atoms with E-state index in [0.717, 1.165) is 5.57 Å². The molecule has 0 spiro atoms. The van der Waals surface area contributed by atoms with Gasteiger partial charge < -0.3 is 21.1 Å². The van der Waals surface area contributed by atoms with Crippen molar-refractivity contribution in [3.63, 3.8) is 0 Å². The van der Waals surface area contributed by atoms with Gasteiger partial charge in [0, 0.05) is 23.9 Å². The van der Waals surface area contributed by atoms with Gasteiger partial charge in [0.2, 0.25) is 11.8 Å². The number of hydrogen-bond acceptors (Lipinski definition) is 4. The van der Waals surface area contributed by atoms with Gasteiger partial charge in [-0.2, -0.15) is 0 Å². The number of rotatable bonds is 13. The van der Waals surface area contributed by atoms with Crippen LogP contribution in [-0.2, 0) is 14.3 Å². The van der Waals surface area contributed by atoms with E-state index in [1.54, 1.807) is 31.2 Å². The Morgan fingerprint density at radius 1 is 1.05 bits per heavy atom. The number of allylic oxidation sites excluding steroid dienone is 6. The molecule has 7 nitrogen and oxygen atoms in total. The fourth-order valence-corrected chi connectivity index (χ4v) is 3.70. The molecule has 8 heteroatoms. The minimum absolute atomic E-state index is 0.275. The third-order valence-corrected chi connectivity index (χ3v) is 5.81. The summed E-state index contributed by atoms with van der Waals surface area (Å²) in [5, 5.41) is 6.04. The van der Waals surface area contributed by atoms with Gasteiger partial charge in [0.1, 0.15) is 12.1 Å². The molecule has 0 radical (unpaired) electrons. The minimum Gasteiger partial charge on any atom is -0.446 e. The van der Waals surface area contributed by atoms with E-state index in [0.29, 0.717) is 17.9 Å². The van der Waals surface area contributed by atoms with Gasteiger partial charge in [0.25, 0.3) is 0 Å². The van der Waals surface area contributed by atoms with Crippen molar-refractivity contribution in [1.29, 1.82) is 0 Å². The maximum absolute atomic E-state index is 12.8. The van der Waals surface area contributed by atoms with E-state index >= 15 is 0 Å². The molecule has 0 bridgehead atoms. The van der Waals surface area contributed by atoms with Crippen molar-refractivity contribution >= 4 is 29.5 Å². The normalized spacial score (nSPS) is 15.4. The fourth-order valence-electron chi connectivity index (χ4n) is 3.61. The van der Waals surface area contributed by atoms with Gasteiger partial charge in [-0.1, -0.05) is 112 Å². The molecule has 0 aliphatic rings. The van der Waals surface area contributed by atoms with E-state index in [9.17, 15) is 14.4 Å². The second-order valence-corrected chi connectivity index (χ2v) is 11.0. The Hall–Kier alpha value is -3.58. The number of hydrogen-bond donors (Lipinski definition) is 3. The molecule has 0 saturated heterocycles. The third-order valence-electron chi connectivity index (χ3n) is 5.66. The Morgan fingerprint density at radius 2 is 1.69 bits per heavy atom. The maximum atomic E-state index is 12.8. The SMILES string of the molecule is CC(Cl)=CC[C@@H](CC=CNC(=O)[C@@H](NC(=O)C=CC=CC(C)=C[C@H](C)c1ccccc1)C(C)(C)C)OC(N)=O. The van der Waals surface area contributed by atoms with Crippen LogP contribution in [0.2, 0.25) is 0 Å². The highest BCUT2D eigenvalue weighted by molar-refractivity contribution is 6.29. The third kappa shape index (κ3) is 14.8. The summed E-state index contributed by atoms with van der Waals surface area (Å²) in [6.45, 7) is 11.5. The molecule has 0 aromatic heterocycles. The summed E-state index contributed by atoms with van der Waals surface area (Å²) < 4.78 is 5.06. The van der Waals surface area contributed by atoms with E-state index in [4.69, 9.17) is 22.1 Å². The minimum atomic E-state index is -0.885. The van der Waals surface area contributed by atoms with Gasteiger partial charge in [-0.3, -0.25) is 9.59 Å². The molecule has 0 saturated carbocycles. The molecule has 4 N–H and O–H groups in total. The molecule has 1 aromatic carbocycles. The monoisotopic (exact) mass is 555 g/mol. The van der Waals surface area contributed by atoms with E-state index < -0.39 is 23.7 Å². The van der Waals surface area contributed by atoms with E-state index in [-0.39, 0.29) is 17.7 Å². The summed E-state index contributed by atoms with van der Waals surface area (Å²) in [4.78, 5) is 36.5. The Kier molecular flexibility index (Phi) is 14.7. The lowest BCUT2D eigenvalue weighted by Gasteiger charge is -2.29. The van der Waals surface area contributed by atoms with Crippen molar-refractivity contribution < 1.29 is 19.1 Å². The van der Waals surface area contributed by atoms with Crippen molar-refractivity contribution in [2.24, 2.45) is 11.1 Å². The zero-order valence-electron chi connectivity index (χ0n) is 23.7. The number of primary amides is 1. The predicted octanol–water partition coefficient (Wildman–Crippen LogP) is 6.40. The number of carbonyl (C=O) groups excluding carboxylic acids is 3. The summed E-state index contributed by atoms with van der Waals surface area (Å²) >= 11 is 5.84. The second kappa shape index (κ2) is 17.1. The molecule has 0 unspecified atom stereocenters. The number of carbonyl (C=O) groups is 3. The van der Waals surface area contributed by atoms with Crippen LogP contribution in [0.15, 0.2) is 89.7 Å². The van der Waals surface area contributed by atoms with Gasteiger partial charge in [-0.15, -0.1) is 0 Å². The fraction of sp³-hybridized carbons (Fsp3) is 0.387. The lowest BCUT2D eigenvalue weighted by Crippen LogP contribution is -2.52. The van der Waals surface area contributed by atoms with Crippen molar-refractivity contribution in [1.82, 2.24) is 10.6 Å². The molecule has 0 heterocycles. The summed E-state index contributed by atoms with van der Waals surface area (Å²) in [6.07, 6.45) is 13.1. The van der Waals surface area contributed by atoms with Crippen molar-refractivity contribution in [2.75, 3.05) is 0 Å². The smallest absolute Gasteiger partial charge is 0.404 e. The second-order valence-electron chi connectivity index (χ2n) is 10.4. The predicted molar refractivity (Wildman–Crippen MR) is 159 cm³/mol. The first kappa shape index (κ1) is 33.4. The molecular weight excluding hydrogens is 514 g/mol. The average molecular weight is 556 g/mol. The van der Waals surface area contributed by atoms with E-state index in [2.05, 4.69) is 35.8 Å². The van der Waals surface area contributed by atoms with Gasteiger partial charge in [-0.05, 0) is 36.9 Å². The van der Waals surface area contributed by atoms with Crippen LogP contribution >= 0.6 is 11.6 Å². The number of ether oxygens (including phenoxy) is 1. The van der Waals surface area contributed by atoms with Crippen molar-refractivity contribution in [3.8, 4) is 0 Å². The highest BCUT2D eigenvalue weighted by Crippen LogP contribution is 2.20. The van der Waals surface area contributed by atoms with Gasteiger partial charge in [0.05, 0.1) is 0 Å². The molecule has 39 heavy (non-hydrogen) atoms. The molecule has 3 amide bonds. The Balaban J connectivity index is 2.70. The standard InChI is InChI=1S/C31H42ClN3O4/c1-22(21-23(2)25-14-8-7-9-15-25)13-10-11-17-27(36)35-28(31(4,5)6)29(37)34-20-12-16-26(39-30(33)38)19-18-24(3)32/h7-15,17-18,20-21,23,26,28H,16,19H2,1-6H3,(H2,33,38)(H,34,37)(H,35,36)/t23-,26+,28+/m0/s1. The number of amides is 3. The Labute approximate surface area is 237 Å². The van der Waals surface area contributed by atoms with Crippen LogP contribution < -0.4 is 16.4 Å². The highest BCUT2D eigenvalue weighted by Gasteiger charge is 2.31. The number of nitrogens with two attached hydrogens (primary N) is 1. The van der Waals surface area contributed by atoms with Crippen LogP contribution in [0.1, 0.15) is 65.9 Å². The average Bonchev–Trinajstić information content (AvgIpc) is 2.85. The van der Waals surface area contributed by atoms with Gasteiger partial charge >= 0.3 is 6.09 Å². The van der Waals surface area contributed by atoms with Crippen molar-refractivity contribution in [3.05, 3.63) is 95.2 Å². The first-order valence-electron chi connectivity index (χ1n) is 12.9. The van der Waals surface area contributed by atoms with Crippen molar-refractivity contribution in [2.45, 2.75) is 72.4 Å². The molecule has 1 aromatic rings. The van der Waals surface area contributed by atoms with Crippen LogP contribution in [-0.4, -0.2) is 30.1 Å². The first-order chi connectivity index (χ1) is 18.3. The van der Waals surface area contributed by atoms with Crippen LogP contribution in [0.3, 0.4) is 0 Å². The quantitative estimate of drug-likeness (QED) is 0.193. The maximum Gasteiger partial charge on any atom is 0.404 e. The Morgan fingerprint density at radius 3 is 2.28 bits per heavy atom. The summed E-state index contributed by atoms with van der Waals surface area (Å²) in [6, 6.07) is 9.45. The topological polar surface area (TPSA) is 111 Å². The van der Waals surface area contributed by atoms with Crippen LogP contribution in [0.25, 0.3) is 0 Å². The Bertz CT molecular complexity index is 1090. The first-order valence-corrected chi connectivity index (χ1v) is 13.3. The van der Waals surface area contributed by atoms with Crippen LogP contribution in [0, 0.1) is 5.41 Å². The van der Waals surface area contributed by atoms with Gasteiger partial charge in [-0.25, -0.2) is 4.79 Å².